The van der Waals surface area contributed by atoms with Crippen LogP contribution in [-0.2, 0) is 14.4 Å². The zero-order valence-electron chi connectivity index (χ0n) is 32.9. The number of hydrogen-bond acceptors (Lipinski definition) is 9. The van der Waals surface area contributed by atoms with Gasteiger partial charge in [0, 0.05) is 50.6 Å². The Kier molecular flexibility index (Phi) is 15.8. The van der Waals surface area contributed by atoms with Crippen LogP contribution in [-0.4, -0.2) is 84.2 Å². The lowest BCUT2D eigenvalue weighted by molar-refractivity contribution is -0.257. The summed E-state index contributed by atoms with van der Waals surface area (Å²) >= 11 is 0. The van der Waals surface area contributed by atoms with Crippen LogP contribution in [0.15, 0.2) is 47.7 Å². The molecular weight excluding hydrogens is 686 g/mol. The van der Waals surface area contributed by atoms with Crippen LogP contribution in [0.25, 0.3) is 0 Å². The Bertz CT molecular complexity index is 1460. The summed E-state index contributed by atoms with van der Waals surface area (Å²) in [5.74, 6) is 0.0814. The normalized spacial score (nSPS) is 26.6. The van der Waals surface area contributed by atoms with E-state index in [0.29, 0.717) is 62.8 Å². The molecule has 5 rings (SSSR count). The van der Waals surface area contributed by atoms with E-state index in [-0.39, 0.29) is 43.5 Å². The first-order chi connectivity index (χ1) is 26.3. The molecule has 0 bridgehead atoms. The monoisotopic (exact) mass is 751 g/mol. The van der Waals surface area contributed by atoms with Crippen LogP contribution in [0.3, 0.4) is 0 Å². The Hall–Kier alpha value is -3.41. The summed E-state index contributed by atoms with van der Waals surface area (Å²) in [5.41, 5.74) is 2.70. The van der Waals surface area contributed by atoms with Gasteiger partial charge in [0.1, 0.15) is 24.1 Å². The first-order valence-corrected chi connectivity index (χ1v) is 20.8. The Labute approximate surface area is 322 Å². The summed E-state index contributed by atoms with van der Waals surface area (Å²) in [7, 11) is 0. The second-order valence-electron chi connectivity index (χ2n) is 15.4. The first kappa shape index (κ1) is 41.7. The summed E-state index contributed by atoms with van der Waals surface area (Å²) < 4.78 is 20.1. The average Bonchev–Trinajstić information content (AvgIpc) is 3.70. The maximum Gasteiger partial charge on any atom is 0.412 e. The number of allylic oxidation sites excluding steroid dienone is 1. The Morgan fingerprint density at radius 2 is 1.83 bits per heavy atom. The fraction of sp³-hybridized carbons (Fsp3) is 0.698. The Balaban J connectivity index is 1.72. The quantitative estimate of drug-likeness (QED) is 0.0662. The van der Waals surface area contributed by atoms with Gasteiger partial charge in [-0.05, 0) is 93.9 Å². The molecule has 1 aliphatic heterocycles. The number of nitrogens with one attached hydrogen (secondary N) is 1. The molecule has 2 saturated carbocycles. The summed E-state index contributed by atoms with van der Waals surface area (Å²) in [5, 5.41) is 27.1. The third-order valence-corrected chi connectivity index (χ3v) is 11.9. The molecule has 1 heterocycles. The number of fused-ring (bicyclic) bond motifs is 2. The molecule has 0 unspecified atom stereocenters. The van der Waals surface area contributed by atoms with E-state index >= 15 is 0 Å². The van der Waals surface area contributed by atoms with Gasteiger partial charge in [0.05, 0.1) is 18.2 Å². The van der Waals surface area contributed by atoms with E-state index in [0.717, 1.165) is 55.4 Å². The van der Waals surface area contributed by atoms with Crippen molar-refractivity contribution < 1.29 is 38.9 Å². The van der Waals surface area contributed by atoms with E-state index in [1.165, 1.54) is 25.7 Å². The van der Waals surface area contributed by atoms with Crippen LogP contribution >= 0.6 is 0 Å². The van der Waals surface area contributed by atoms with Crippen LogP contribution in [0.2, 0.25) is 0 Å². The van der Waals surface area contributed by atoms with Gasteiger partial charge in [-0.1, -0.05) is 62.8 Å². The zero-order chi connectivity index (χ0) is 38.5. The van der Waals surface area contributed by atoms with Crippen molar-refractivity contribution in [3.05, 3.63) is 48.1 Å². The molecule has 6 atom stereocenters. The molecule has 0 saturated heterocycles. The first-order valence-electron chi connectivity index (χ1n) is 20.8. The minimum Gasteiger partial charge on any atom is -0.459 e. The molecule has 3 N–H and O–H groups in total. The number of rotatable bonds is 21. The summed E-state index contributed by atoms with van der Waals surface area (Å²) in [6.45, 7) is 11.7. The van der Waals surface area contributed by atoms with Gasteiger partial charge in [0.25, 0.3) is 0 Å². The minimum absolute atomic E-state index is 0.0860. The van der Waals surface area contributed by atoms with Crippen molar-refractivity contribution in [1.29, 1.82) is 0 Å². The van der Waals surface area contributed by atoms with Crippen molar-refractivity contribution in [1.82, 2.24) is 10.2 Å². The second kappa shape index (κ2) is 20.5. The van der Waals surface area contributed by atoms with Crippen molar-refractivity contribution in [3.8, 4) is 11.5 Å². The number of carbonyl (C=O) groups excluding carboxylic acids is 2. The van der Waals surface area contributed by atoms with Crippen LogP contribution < -0.4 is 14.8 Å². The maximum absolute atomic E-state index is 14.5. The smallest absolute Gasteiger partial charge is 0.412 e. The molecule has 0 spiro atoms. The number of carbonyl (C=O) groups is 2. The van der Waals surface area contributed by atoms with Gasteiger partial charge in [-0.3, -0.25) is 4.79 Å². The van der Waals surface area contributed by atoms with Gasteiger partial charge < -0.3 is 39.5 Å². The molecule has 11 nitrogen and oxygen atoms in total. The number of unbranched alkanes of at least 4 members (excludes halogenated alkanes) is 2. The highest BCUT2D eigenvalue weighted by Gasteiger charge is 2.65. The highest BCUT2D eigenvalue weighted by molar-refractivity contribution is 6.03. The molecule has 2 fully saturated rings. The molecule has 1 aromatic rings. The lowest BCUT2D eigenvalue weighted by Gasteiger charge is -2.60. The van der Waals surface area contributed by atoms with Gasteiger partial charge in [0.15, 0.2) is 0 Å². The highest BCUT2D eigenvalue weighted by Crippen LogP contribution is 2.62. The van der Waals surface area contributed by atoms with Crippen molar-refractivity contribution in [3.63, 3.8) is 0 Å². The number of hydrogen-bond donors (Lipinski definition) is 3. The number of nitrogens with zero attached hydrogens (tertiary/aromatic N) is 2. The molecular formula is C43H65N3O8. The maximum atomic E-state index is 14.5. The number of oxime groups is 1. The van der Waals surface area contributed by atoms with Gasteiger partial charge >= 0.3 is 6.09 Å². The molecule has 11 heteroatoms. The topological polar surface area (TPSA) is 139 Å². The standard InChI is InChI=1S/C43H65N3O8/c1-5-23-46(39(49)22-19-30-15-9-10-16-30)38-29-36(45-52-8-4)34-27-31(17-11-13-24-47)33(18-12-14-25-48)40-35-28-32(53-42(50)44-7-3)20-21-37(35)54-43(38,41(34)40)51-26-6-2/h6,20-21,27-28,30-31,33,38,40-41,47-48H,2,5,7-19,22-26,29H2,1,3-4H3,(H,44,50)/t31-,33+,38-,40+,41+,43+/m0/s1. The lowest BCUT2D eigenvalue weighted by Crippen LogP contribution is -2.70. The van der Waals surface area contributed by atoms with E-state index < -0.39 is 23.8 Å². The number of ether oxygens (including phenoxy) is 3. The third kappa shape index (κ3) is 9.51. The molecule has 0 aromatic heterocycles. The summed E-state index contributed by atoms with van der Waals surface area (Å²) in [4.78, 5) is 35.0. The highest BCUT2D eigenvalue weighted by atomic mass is 16.7. The van der Waals surface area contributed by atoms with E-state index in [1.54, 1.807) is 12.1 Å². The fourth-order valence-corrected chi connectivity index (χ4v) is 9.61. The number of aliphatic hydroxyl groups excluding tert-OH is 2. The zero-order valence-corrected chi connectivity index (χ0v) is 32.9. The molecule has 3 aliphatic carbocycles. The molecule has 0 radical (unpaired) electrons. The van der Waals surface area contributed by atoms with E-state index in [2.05, 4.69) is 24.9 Å². The summed E-state index contributed by atoms with van der Waals surface area (Å²) in [6, 6.07) is 5.04. The fourth-order valence-electron chi connectivity index (χ4n) is 9.61. The van der Waals surface area contributed by atoms with E-state index in [4.69, 9.17) is 24.2 Å². The van der Waals surface area contributed by atoms with E-state index in [1.807, 2.05) is 30.9 Å². The predicted molar refractivity (Wildman–Crippen MR) is 209 cm³/mol. The Morgan fingerprint density at radius 1 is 1.07 bits per heavy atom. The van der Waals surface area contributed by atoms with Crippen LogP contribution in [0.1, 0.15) is 122 Å². The minimum atomic E-state index is -1.28. The van der Waals surface area contributed by atoms with Gasteiger partial charge in [-0.15, -0.1) is 6.58 Å². The molecule has 2 amide bonds. The lowest BCUT2D eigenvalue weighted by atomic mass is 9.55. The van der Waals surface area contributed by atoms with E-state index in [9.17, 15) is 19.8 Å². The predicted octanol–water partition coefficient (Wildman–Crippen LogP) is 7.66. The van der Waals surface area contributed by atoms with Crippen LogP contribution in [0.5, 0.6) is 11.5 Å². The Morgan fingerprint density at radius 3 is 2.52 bits per heavy atom. The third-order valence-electron chi connectivity index (χ3n) is 11.9. The average molecular weight is 752 g/mol. The number of benzene rings is 1. The molecule has 4 aliphatic rings. The second-order valence-corrected chi connectivity index (χ2v) is 15.4. The van der Waals surface area contributed by atoms with Crippen molar-refractivity contribution in [2.24, 2.45) is 28.8 Å². The van der Waals surface area contributed by atoms with Gasteiger partial charge in [-0.25, -0.2) is 4.79 Å². The number of aliphatic hydroxyl groups is 2. The van der Waals surface area contributed by atoms with Gasteiger partial charge in [0.2, 0.25) is 11.7 Å². The van der Waals surface area contributed by atoms with Crippen molar-refractivity contribution >= 4 is 17.7 Å². The van der Waals surface area contributed by atoms with Crippen LogP contribution in [0.4, 0.5) is 4.79 Å². The molecule has 54 heavy (non-hydrogen) atoms. The molecule has 300 valence electrons. The molecule has 1 aromatic carbocycles. The SMILES string of the molecule is C=CCO[C@@]12Oc3ccc(OC(=O)NCC)cc3[C@H]3[C@H](CCCCO)[C@@H](CCCCO)C=C(C(=NOCC)C[C@@H]1N(CCC)C(=O)CCC1CCCC1)[C@H]32. The number of amides is 2. The van der Waals surface area contributed by atoms with Crippen LogP contribution in [0, 0.1) is 23.7 Å². The summed E-state index contributed by atoms with van der Waals surface area (Å²) in [6.07, 6.45) is 15.6. The van der Waals surface area contributed by atoms with Crippen molar-refractivity contribution in [2.75, 3.05) is 39.5 Å². The van der Waals surface area contributed by atoms with Crippen molar-refractivity contribution in [2.45, 2.75) is 128 Å². The largest absolute Gasteiger partial charge is 0.459 e. The van der Waals surface area contributed by atoms with Gasteiger partial charge in [-0.2, -0.15) is 0 Å².